The van der Waals surface area contributed by atoms with Gasteiger partial charge in [-0.25, -0.2) is 0 Å². The molecule has 20 heavy (non-hydrogen) atoms. The fourth-order valence-electron chi connectivity index (χ4n) is 1.73. The first kappa shape index (κ1) is 14.2. The van der Waals surface area contributed by atoms with Crippen LogP contribution in [0.4, 0.5) is 0 Å². The van der Waals surface area contributed by atoms with E-state index in [0.29, 0.717) is 10.9 Å². The van der Waals surface area contributed by atoms with Crippen LogP contribution in [0.5, 0.6) is 0 Å². The minimum atomic E-state index is -0.362. The Morgan fingerprint density at radius 1 is 1.30 bits per heavy atom. The second-order valence-corrected chi connectivity index (χ2v) is 5.79. The number of nitrogens with zero attached hydrogens (tertiary/aromatic N) is 3. The maximum absolute atomic E-state index is 12.1. The molecule has 0 aliphatic carbocycles. The Kier molecular flexibility index (Phi) is 3.83. The Bertz CT molecular complexity index is 686. The van der Waals surface area contributed by atoms with E-state index in [1.807, 2.05) is 20.8 Å². The van der Waals surface area contributed by atoms with Crippen molar-refractivity contribution in [3.05, 3.63) is 34.6 Å². The van der Waals surface area contributed by atoms with Gasteiger partial charge in [-0.15, -0.1) is 5.10 Å². The lowest BCUT2D eigenvalue weighted by Gasteiger charge is -2.16. The number of aromatic nitrogens is 3. The highest BCUT2D eigenvalue weighted by Crippen LogP contribution is 2.18. The summed E-state index contributed by atoms with van der Waals surface area (Å²) in [5.74, 6) is -0.362. The Hall–Kier alpha value is -2.24. The molecule has 0 N–H and O–H groups in total. The van der Waals surface area contributed by atoms with Crippen molar-refractivity contribution in [3.63, 3.8) is 0 Å². The largest absolute Gasteiger partial charge is 0.442 e. The van der Waals surface area contributed by atoms with Gasteiger partial charge < -0.3 is 4.74 Å². The van der Waals surface area contributed by atoms with Crippen molar-refractivity contribution in [1.29, 1.82) is 0 Å². The van der Waals surface area contributed by atoms with Crippen LogP contribution >= 0.6 is 0 Å². The molecule has 1 aromatic heterocycles. The van der Waals surface area contributed by atoms with Gasteiger partial charge in [0, 0.05) is 0 Å². The van der Waals surface area contributed by atoms with Gasteiger partial charge in [0.25, 0.3) is 5.56 Å². The van der Waals surface area contributed by atoms with E-state index < -0.39 is 0 Å². The molecular formula is C14H17N3O3. The lowest BCUT2D eigenvalue weighted by Crippen LogP contribution is -2.27. The minimum Gasteiger partial charge on any atom is -0.442 e. The minimum absolute atomic E-state index is 0.156. The molecule has 0 saturated heterocycles. The van der Waals surface area contributed by atoms with Gasteiger partial charge in [-0.3, -0.25) is 9.59 Å². The van der Waals surface area contributed by atoms with E-state index in [1.54, 1.807) is 24.3 Å². The van der Waals surface area contributed by atoms with Crippen molar-refractivity contribution < 1.29 is 9.53 Å². The lowest BCUT2D eigenvalue weighted by atomic mass is 9.93. The fourth-order valence-corrected chi connectivity index (χ4v) is 1.73. The number of benzene rings is 1. The highest BCUT2D eigenvalue weighted by Gasteiger charge is 2.17. The van der Waals surface area contributed by atoms with Gasteiger partial charge in [0.1, 0.15) is 5.52 Å². The summed E-state index contributed by atoms with van der Waals surface area (Å²) in [6.45, 7) is 5.61. The highest BCUT2D eigenvalue weighted by atomic mass is 16.5. The second-order valence-electron chi connectivity index (χ2n) is 5.79. The molecule has 6 nitrogen and oxygen atoms in total. The third-order valence-corrected chi connectivity index (χ3v) is 2.65. The summed E-state index contributed by atoms with van der Waals surface area (Å²) in [7, 11) is 0. The summed E-state index contributed by atoms with van der Waals surface area (Å²) in [6.07, 6.45) is 0.281. The molecule has 0 atom stereocenters. The number of carbonyl (C=O) groups is 1. The molecule has 0 aliphatic rings. The van der Waals surface area contributed by atoms with E-state index >= 15 is 0 Å². The quantitative estimate of drug-likeness (QED) is 0.797. The summed E-state index contributed by atoms with van der Waals surface area (Å²) < 4.78 is 6.10. The molecule has 2 aromatic rings. The van der Waals surface area contributed by atoms with Gasteiger partial charge in [-0.05, 0) is 17.5 Å². The zero-order valence-corrected chi connectivity index (χ0v) is 11.8. The average molecular weight is 275 g/mol. The Labute approximate surface area is 116 Å². The highest BCUT2D eigenvalue weighted by molar-refractivity contribution is 5.76. The summed E-state index contributed by atoms with van der Waals surface area (Å²) in [5.41, 5.74) is 0.0471. The van der Waals surface area contributed by atoms with Crippen molar-refractivity contribution in [3.8, 4) is 0 Å². The van der Waals surface area contributed by atoms with E-state index in [9.17, 15) is 9.59 Å². The van der Waals surface area contributed by atoms with Gasteiger partial charge in [0.2, 0.25) is 0 Å². The van der Waals surface area contributed by atoms with Gasteiger partial charge in [-0.2, -0.15) is 4.68 Å². The van der Waals surface area contributed by atoms with Crippen LogP contribution < -0.4 is 5.56 Å². The first-order valence-corrected chi connectivity index (χ1v) is 6.35. The van der Waals surface area contributed by atoms with E-state index in [0.717, 1.165) is 4.68 Å². The monoisotopic (exact) mass is 275 g/mol. The fraction of sp³-hybridized carbons (Fsp3) is 0.429. The molecule has 0 bridgehead atoms. The van der Waals surface area contributed by atoms with Crippen molar-refractivity contribution in [2.24, 2.45) is 5.41 Å². The summed E-state index contributed by atoms with van der Waals surface area (Å²) >= 11 is 0. The van der Waals surface area contributed by atoms with Gasteiger partial charge >= 0.3 is 5.97 Å². The molecule has 106 valence electrons. The predicted octanol–water partition coefficient (Wildman–Crippen LogP) is 1.73. The number of esters is 1. The molecule has 1 heterocycles. The summed E-state index contributed by atoms with van der Waals surface area (Å²) in [6, 6.07) is 6.91. The van der Waals surface area contributed by atoms with E-state index in [-0.39, 0.29) is 30.1 Å². The third-order valence-electron chi connectivity index (χ3n) is 2.65. The van der Waals surface area contributed by atoms with E-state index in [2.05, 4.69) is 10.3 Å². The van der Waals surface area contributed by atoms with Crippen LogP contribution in [0.15, 0.2) is 29.1 Å². The molecule has 2 rings (SSSR count). The standard InChI is InChI=1S/C14H17N3O3/c1-14(2,3)8-12(18)20-9-17-13(19)10-6-4-5-7-11(10)15-16-17/h4-7H,8-9H2,1-3H3. The molecule has 0 fully saturated rings. The van der Waals surface area contributed by atoms with Crippen LogP contribution in [-0.2, 0) is 16.3 Å². The number of hydrogen-bond acceptors (Lipinski definition) is 5. The number of ether oxygens (including phenoxy) is 1. The first-order valence-electron chi connectivity index (χ1n) is 6.35. The second kappa shape index (κ2) is 5.40. The number of carbonyl (C=O) groups excluding carboxylic acids is 1. The molecule has 0 aliphatic heterocycles. The summed E-state index contributed by atoms with van der Waals surface area (Å²) in [5, 5.41) is 8.12. The van der Waals surface area contributed by atoms with Crippen LogP contribution in [0.1, 0.15) is 27.2 Å². The van der Waals surface area contributed by atoms with Crippen LogP contribution in [0.2, 0.25) is 0 Å². The van der Waals surface area contributed by atoms with Crippen LogP contribution in [0, 0.1) is 5.41 Å². The normalized spacial score (nSPS) is 11.6. The maximum atomic E-state index is 12.1. The van der Waals surface area contributed by atoms with Crippen molar-refractivity contribution in [2.45, 2.75) is 33.9 Å². The average Bonchev–Trinajstić information content (AvgIpc) is 2.36. The zero-order chi connectivity index (χ0) is 14.8. The smallest absolute Gasteiger partial charge is 0.308 e. The summed E-state index contributed by atoms with van der Waals surface area (Å²) in [4.78, 5) is 23.7. The molecular weight excluding hydrogens is 258 g/mol. The number of hydrogen-bond donors (Lipinski definition) is 0. The zero-order valence-electron chi connectivity index (χ0n) is 11.8. The van der Waals surface area contributed by atoms with Crippen molar-refractivity contribution in [1.82, 2.24) is 15.0 Å². The van der Waals surface area contributed by atoms with Crippen molar-refractivity contribution in [2.75, 3.05) is 0 Å². The topological polar surface area (TPSA) is 74.1 Å². The molecule has 0 radical (unpaired) electrons. The Balaban J connectivity index is 2.13. The molecule has 6 heteroatoms. The number of rotatable bonds is 3. The Morgan fingerprint density at radius 3 is 2.70 bits per heavy atom. The van der Waals surface area contributed by atoms with Crippen LogP contribution in [0.3, 0.4) is 0 Å². The van der Waals surface area contributed by atoms with Crippen molar-refractivity contribution >= 4 is 16.9 Å². The van der Waals surface area contributed by atoms with E-state index in [4.69, 9.17) is 4.74 Å². The lowest BCUT2D eigenvalue weighted by molar-refractivity contribution is -0.150. The SMILES string of the molecule is CC(C)(C)CC(=O)OCn1nnc2ccccc2c1=O. The molecule has 0 spiro atoms. The maximum Gasteiger partial charge on any atom is 0.308 e. The molecule has 0 amide bonds. The molecule has 0 saturated carbocycles. The van der Waals surface area contributed by atoms with Crippen LogP contribution in [0.25, 0.3) is 10.9 Å². The predicted molar refractivity (Wildman–Crippen MR) is 74.0 cm³/mol. The van der Waals surface area contributed by atoms with Gasteiger partial charge in [0.15, 0.2) is 6.73 Å². The molecule has 0 unspecified atom stereocenters. The van der Waals surface area contributed by atoms with Gasteiger partial charge in [-0.1, -0.05) is 38.1 Å². The first-order chi connectivity index (χ1) is 9.37. The number of fused-ring (bicyclic) bond motifs is 1. The Morgan fingerprint density at radius 2 is 2.00 bits per heavy atom. The third kappa shape index (κ3) is 3.40. The van der Waals surface area contributed by atoms with E-state index in [1.165, 1.54) is 0 Å². The van der Waals surface area contributed by atoms with Crippen LogP contribution in [-0.4, -0.2) is 21.0 Å². The van der Waals surface area contributed by atoms with Gasteiger partial charge in [0.05, 0.1) is 11.8 Å². The molecule has 1 aromatic carbocycles.